The van der Waals surface area contributed by atoms with E-state index in [0.717, 1.165) is 11.3 Å². The van der Waals surface area contributed by atoms with Gasteiger partial charge in [0.1, 0.15) is 0 Å². The van der Waals surface area contributed by atoms with Gasteiger partial charge >= 0.3 is 0 Å². The van der Waals surface area contributed by atoms with Crippen LogP contribution in [0.1, 0.15) is 19.8 Å². The van der Waals surface area contributed by atoms with Crippen LogP contribution >= 0.6 is 0 Å². The van der Waals surface area contributed by atoms with Crippen molar-refractivity contribution in [2.24, 2.45) is 5.73 Å². The first-order chi connectivity index (χ1) is 9.74. The molecule has 0 unspecified atom stereocenters. The van der Waals surface area contributed by atoms with Crippen molar-refractivity contribution in [2.75, 3.05) is 11.9 Å². The molecule has 7 nitrogen and oxygen atoms in total. The number of tetrazole rings is 1. The molecule has 2 aromatic rings. The summed E-state index contributed by atoms with van der Waals surface area (Å²) in [6.45, 7) is 3.17. The zero-order valence-electron chi connectivity index (χ0n) is 11.4. The van der Waals surface area contributed by atoms with Gasteiger partial charge in [-0.1, -0.05) is 12.1 Å². The molecule has 0 bridgehead atoms. The number of hydrogen-bond donors (Lipinski definition) is 2. The van der Waals surface area contributed by atoms with Crippen LogP contribution < -0.4 is 11.1 Å². The molecule has 0 saturated carbocycles. The number of benzene rings is 1. The van der Waals surface area contributed by atoms with Crippen molar-refractivity contribution < 1.29 is 4.79 Å². The van der Waals surface area contributed by atoms with Gasteiger partial charge in [-0.3, -0.25) is 4.79 Å². The Hall–Kier alpha value is -2.28. The van der Waals surface area contributed by atoms with Crippen LogP contribution in [0.3, 0.4) is 0 Å². The number of aryl methyl sites for hydroxylation is 1. The van der Waals surface area contributed by atoms with Crippen LogP contribution in [0.15, 0.2) is 24.3 Å². The van der Waals surface area contributed by atoms with Gasteiger partial charge in [-0.2, -0.15) is 0 Å². The van der Waals surface area contributed by atoms with Crippen LogP contribution in [0.2, 0.25) is 0 Å². The highest BCUT2D eigenvalue weighted by Gasteiger charge is 2.09. The van der Waals surface area contributed by atoms with Crippen molar-refractivity contribution in [3.63, 3.8) is 0 Å². The molecule has 0 aliphatic heterocycles. The average Bonchev–Trinajstić information content (AvgIpc) is 2.94. The largest absolute Gasteiger partial charge is 0.330 e. The lowest BCUT2D eigenvalue weighted by atomic mass is 10.2. The molecule has 0 radical (unpaired) electrons. The zero-order valence-corrected chi connectivity index (χ0v) is 11.4. The fourth-order valence-electron chi connectivity index (χ4n) is 1.85. The molecule has 0 aliphatic rings. The molecule has 0 fully saturated rings. The molecule has 0 aliphatic carbocycles. The summed E-state index contributed by atoms with van der Waals surface area (Å²) in [4.78, 5) is 11.7. The van der Waals surface area contributed by atoms with Crippen molar-refractivity contribution in [3.05, 3.63) is 24.3 Å². The fraction of sp³-hybridized carbons (Fsp3) is 0.385. The number of nitrogens with one attached hydrogen (secondary N) is 1. The second kappa shape index (κ2) is 6.76. The highest BCUT2D eigenvalue weighted by molar-refractivity contribution is 5.91. The summed E-state index contributed by atoms with van der Waals surface area (Å²) in [5, 5.41) is 14.4. The van der Waals surface area contributed by atoms with E-state index in [9.17, 15) is 4.79 Å². The third kappa shape index (κ3) is 3.39. The Morgan fingerprint density at radius 3 is 3.05 bits per heavy atom. The molecule has 2 rings (SSSR count). The van der Waals surface area contributed by atoms with Gasteiger partial charge in [0.05, 0.1) is 0 Å². The van der Waals surface area contributed by atoms with Crippen molar-refractivity contribution in [1.82, 2.24) is 20.2 Å². The average molecular weight is 274 g/mol. The van der Waals surface area contributed by atoms with Crippen LogP contribution in [0.4, 0.5) is 5.69 Å². The molecular weight excluding hydrogens is 256 g/mol. The lowest BCUT2D eigenvalue weighted by Gasteiger charge is -2.07. The van der Waals surface area contributed by atoms with Gasteiger partial charge in [0.2, 0.25) is 5.91 Å². The third-order valence-electron chi connectivity index (χ3n) is 2.84. The number of carbonyl (C=O) groups excluding carboxylic acids is 1. The number of anilines is 1. The minimum atomic E-state index is -0.0392. The topological polar surface area (TPSA) is 98.7 Å². The van der Waals surface area contributed by atoms with E-state index in [1.165, 1.54) is 0 Å². The minimum absolute atomic E-state index is 0.0392. The van der Waals surface area contributed by atoms with Gasteiger partial charge in [0.25, 0.3) is 0 Å². The predicted molar refractivity (Wildman–Crippen MR) is 75.8 cm³/mol. The minimum Gasteiger partial charge on any atom is -0.330 e. The maximum Gasteiger partial charge on any atom is 0.224 e. The summed E-state index contributed by atoms with van der Waals surface area (Å²) in [7, 11) is 0. The number of nitrogens with zero attached hydrogens (tertiary/aromatic N) is 4. The van der Waals surface area contributed by atoms with Crippen molar-refractivity contribution in [1.29, 1.82) is 0 Å². The third-order valence-corrected chi connectivity index (χ3v) is 2.84. The van der Waals surface area contributed by atoms with Crippen molar-refractivity contribution >= 4 is 11.6 Å². The summed E-state index contributed by atoms with van der Waals surface area (Å²) in [6.07, 6.45) is 1.10. The Labute approximate surface area is 117 Å². The Kier molecular flexibility index (Phi) is 4.78. The van der Waals surface area contributed by atoms with E-state index in [0.29, 0.717) is 31.8 Å². The first-order valence-corrected chi connectivity index (χ1v) is 6.61. The number of carbonyl (C=O) groups is 1. The molecule has 20 heavy (non-hydrogen) atoms. The van der Waals surface area contributed by atoms with Crippen LogP contribution in [-0.4, -0.2) is 32.7 Å². The Morgan fingerprint density at radius 1 is 1.45 bits per heavy atom. The molecule has 1 aromatic heterocycles. The highest BCUT2D eigenvalue weighted by Crippen LogP contribution is 2.20. The molecule has 3 N–H and O–H groups in total. The van der Waals surface area contributed by atoms with E-state index < -0.39 is 0 Å². The SMILES string of the molecule is CCn1nnnc1-c1cccc(NC(=O)CCCN)c1. The molecule has 106 valence electrons. The second-order valence-corrected chi connectivity index (χ2v) is 4.34. The molecule has 1 amide bonds. The quantitative estimate of drug-likeness (QED) is 0.820. The Morgan fingerprint density at radius 2 is 2.30 bits per heavy atom. The summed E-state index contributed by atoms with van der Waals surface area (Å²) in [6, 6.07) is 7.47. The molecule has 1 aromatic carbocycles. The molecule has 0 saturated heterocycles. The molecule has 0 atom stereocenters. The predicted octanol–water partition coefficient (Wildman–Crippen LogP) is 1.04. The monoisotopic (exact) mass is 274 g/mol. The lowest BCUT2D eigenvalue weighted by molar-refractivity contribution is -0.116. The van der Waals surface area contributed by atoms with E-state index in [1.54, 1.807) is 4.68 Å². The van der Waals surface area contributed by atoms with Crippen LogP contribution in [0.25, 0.3) is 11.4 Å². The van der Waals surface area contributed by atoms with Gasteiger partial charge < -0.3 is 11.1 Å². The van der Waals surface area contributed by atoms with Gasteiger partial charge in [0, 0.05) is 24.2 Å². The van der Waals surface area contributed by atoms with Gasteiger partial charge in [-0.05, 0) is 42.4 Å². The standard InChI is InChI=1S/C13H18N6O/c1-2-19-13(16-17-18-19)10-5-3-6-11(9-10)15-12(20)7-4-8-14/h3,5-6,9H,2,4,7-8,14H2,1H3,(H,15,20). The van der Waals surface area contributed by atoms with E-state index in [-0.39, 0.29) is 5.91 Å². The number of aromatic nitrogens is 4. The van der Waals surface area contributed by atoms with Gasteiger partial charge in [-0.25, -0.2) is 4.68 Å². The molecular formula is C13H18N6O. The van der Waals surface area contributed by atoms with E-state index in [4.69, 9.17) is 5.73 Å². The van der Waals surface area contributed by atoms with Crippen molar-refractivity contribution in [3.8, 4) is 11.4 Å². The maximum atomic E-state index is 11.7. The Balaban J connectivity index is 2.14. The summed E-state index contributed by atoms with van der Waals surface area (Å²) < 4.78 is 1.70. The van der Waals surface area contributed by atoms with E-state index in [1.807, 2.05) is 31.2 Å². The first kappa shape index (κ1) is 14.1. The fourth-order valence-corrected chi connectivity index (χ4v) is 1.85. The number of nitrogens with two attached hydrogens (primary N) is 1. The molecule has 1 heterocycles. The molecule has 7 heteroatoms. The summed E-state index contributed by atoms with van der Waals surface area (Å²) in [5.74, 6) is 0.647. The number of rotatable bonds is 6. The first-order valence-electron chi connectivity index (χ1n) is 6.61. The molecule has 0 spiro atoms. The zero-order chi connectivity index (χ0) is 14.4. The normalized spacial score (nSPS) is 10.5. The van der Waals surface area contributed by atoms with E-state index in [2.05, 4.69) is 20.8 Å². The maximum absolute atomic E-state index is 11.7. The number of hydrogen-bond acceptors (Lipinski definition) is 5. The van der Waals surface area contributed by atoms with Crippen LogP contribution in [0.5, 0.6) is 0 Å². The Bertz CT molecular complexity index is 580. The lowest BCUT2D eigenvalue weighted by Crippen LogP contribution is -2.13. The highest BCUT2D eigenvalue weighted by atomic mass is 16.1. The second-order valence-electron chi connectivity index (χ2n) is 4.34. The summed E-state index contributed by atoms with van der Waals surface area (Å²) in [5.41, 5.74) is 6.99. The number of amides is 1. The van der Waals surface area contributed by atoms with Gasteiger partial charge in [0.15, 0.2) is 5.82 Å². The van der Waals surface area contributed by atoms with Crippen LogP contribution in [-0.2, 0) is 11.3 Å². The smallest absolute Gasteiger partial charge is 0.224 e. The van der Waals surface area contributed by atoms with Crippen LogP contribution in [0, 0.1) is 0 Å². The van der Waals surface area contributed by atoms with E-state index >= 15 is 0 Å². The van der Waals surface area contributed by atoms with Crippen molar-refractivity contribution in [2.45, 2.75) is 26.3 Å². The van der Waals surface area contributed by atoms with Gasteiger partial charge in [-0.15, -0.1) is 5.10 Å². The summed E-state index contributed by atoms with van der Waals surface area (Å²) >= 11 is 0.